The number of nitrogens with zero attached hydrogens (tertiary/aromatic N) is 2. The van der Waals surface area contributed by atoms with Crippen molar-refractivity contribution >= 4 is 29.2 Å². The predicted molar refractivity (Wildman–Crippen MR) is 135 cm³/mol. The maximum Gasteiger partial charge on any atom is 0.335 e. The number of nitrogens with one attached hydrogen (secondary N) is 1. The Hall–Kier alpha value is -2.85. The molecule has 2 unspecified atom stereocenters. The zero-order chi connectivity index (χ0) is 25.5. The standard InChI is InChI=1S/C25H33ClN4O5/c1-29(14-16-4-6-17(7-5-16)25(32)33)10-11-30-9-8-21(23(15-30)35-3)28-24(31)18-12-19(26)20(27)13-22(18)34-2/h4-7,12-13,21,23H,8-11,14-15,27H2,1-3H3,(H,28,31)(H,32,33). The number of nitrogen functional groups attached to an aromatic ring is 1. The molecule has 1 heterocycles. The summed E-state index contributed by atoms with van der Waals surface area (Å²) >= 11 is 6.12. The number of rotatable bonds is 10. The molecule has 1 saturated heterocycles. The number of anilines is 1. The minimum Gasteiger partial charge on any atom is -0.496 e. The highest BCUT2D eigenvalue weighted by Gasteiger charge is 2.31. The van der Waals surface area contributed by atoms with Gasteiger partial charge in [0, 0.05) is 45.9 Å². The molecule has 10 heteroatoms. The molecule has 0 saturated carbocycles. The number of aromatic carboxylic acids is 1. The topological polar surface area (TPSA) is 117 Å². The minimum atomic E-state index is -0.923. The van der Waals surface area contributed by atoms with E-state index in [1.165, 1.54) is 13.2 Å². The van der Waals surface area contributed by atoms with E-state index >= 15 is 0 Å². The summed E-state index contributed by atoms with van der Waals surface area (Å²) in [6.45, 7) is 3.95. The summed E-state index contributed by atoms with van der Waals surface area (Å²) in [6.07, 6.45) is 0.590. The molecular formula is C25H33ClN4O5. The Morgan fingerprint density at radius 1 is 1.26 bits per heavy atom. The summed E-state index contributed by atoms with van der Waals surface area (Å²) in [7, 11) is 5.18. The first-order chi connectivity index (χ1) is 16.7. The summed E-state index contributed by atoms with van der Waals surface area (Å²) in [5, 5.41) is 12.4. The van der Waals surface area contributed by atoms with Crippen molar-refractivity contribution in [2.75, 3.05) is 53.2 Å². The van der Waals surface area contributed by atoms with Crippen LogP contribution in [0, 0.1) is 0 Å². The average Bonchev–Trinajstić information content (AvgIpc) is 2.84. The van der Waals surface area contributed by atoms with Crippen LogP contribution in [0.15, 0.2) is 36.4 Å². The molecule has 0 bridgehead atoms. The molecule has 1 aliphatic rings. The molecule has 1 fully saturated rings. The maximum atomic E-state index is 12.9. The van der Waals surface area contributed by atoms with Crippen LogP contribution in [0.5, 0.6) is 5.75 Å². The number of methoxy groups -OCH3 is 2. The van der Waals surface area contributed by atoms with Crippen molar-refractivity contribution in [2.24, 2.45) is 0 Å². The molecule has 3 rings (SSSR count). The number of likely N-dealkylation sites (tertiary alicyclic amines) is 1. The zero-order valence-electron chi connectivity index (χ0n) is 20.3. The van der Waals surface area contributed by atoms with Crippen molar-refractivity contribution in [1.82, 2.24) is 15.1 Å². The minimum absolute atomic E-state index is 0.143. The molecule has 1 aliphatic heterocycles. The lowest BCUT2D eigenvalue weighted by Crippen LogP contribution is -2.55. The highest BCUT2D eigenvalue weighted by molar-refractivity contribution is 6.33. The van der Waals surface area contributed by atoms with E-state index in [0.717, 1.165) is 38.2 Å². The van der Waals surface area contributed by atoms with Gasteiger partial charge in [0.15, 0.2) is 0 Å². The summed E-state index contributed by atoms with van der Waals surface area (Å²) in [5.74, 6) is -0.831. The lowest BCUT2D eigenvalue weighted by Gasteiger charge is -2.38. The molecule has 4 N–H and O–H groups in total. The van der Waals surface area contributed by atoms with Gasteiger partial charge in [-0.1, -0.05) is 23.7 Å². The van der Waals surface area contributed by atoms with E-state index in [2.05, 4.69) is 15.1 Å². The Bertz CT molecular complexity index is 1030. The summed E-state index contributed by atoms with van der Waals surface area (Å²) < 4.78 is 11.0. The Morgan fingerprint density at radius 3 is 2.60 bits per heavy atom. The third-order valence-corrected chi connectivity index (χ3v) is 6.60. The van der Waals surface area contributed by atoms with Gasteiger partial charge in [-0.15, -0.1) is 0 Å². The van der Waals surface area contributed by atoms with E-state index in [-0.39, 0.29) is 23.6 Å². The quantitative estimate of drug-likeness (QED) is 0.423. The summed E-state index contributed by atoms with van der Waals surface area (Å²) in [5.41, 5.74) is 7.86. The molecular weight excluding hydrogens is 472 g/mol. The number of likely N-dealkylation sites (N-methyl/N-ethyl adjacent to an activating group) is 1. The SMILES string of the molecule is COc1cc(N)c(Cl)cc1C(=O)NC1CCN(CCN(C)Cc2ccc(C(=O)O)cc2)CC1OC. The molecule has 35 heavy (non-hydrogen) atoms. The highest BCUT2D eigenvalue weighted by atomic mass is 35.5. The van der Waals surface area contributed by atoms with Crippen LogP contribution in [0.1, 0.15) is 32.7 Å². The fraction of sp³-hybridized carbons (Fsp3) is 0.440. The number of benzene rings is 2. The molecule has 9 nitrogen and oxygen atoms in total. The van der Waals surface area contributed by atoms with E-state index in [1.807, 2.05) is 19.2 Å². The van der Waals surface area contributed by atoms with Gasteiger partial charge in [-0.25, -0.2) is 4.79 Å². The zero-order valence-corrected chi connectivity index (χ0v) is 21.0. The van der Waals surface area contributed by atoms with E-state index in [9.17, 15) is 9.59 Å². The largest absolute Gasteiger partial charge is 0.496 e. The normalized spacial score (nSPS) is 18.4. The molecule has 0 aliphatic carbocycles. The van der Waals surface area contributed by atoms with Crippen LogP contribution < -0.4 is 15.8 Å². The number of carbonyl (C=O) groups is 2. The number of amides is 1. The van der Waals surface area contributed by atoms with Gasteiger partial charge in [0.2, 0.25) is 0 Å². The number of nitrogens with two attached hydrogens (primary N) is 1. The second kappa shape index (κ2) is 12.2. The Balaban J connectivity index is 1.51. The number of piperidine rings is 1. The van der Waals surface area contributed by atoms with E-state index < -0.39 is 5.97 Å². The van der Waals surface area contributed by atoms with Gasteiger partial charge in [0.1, 0.15) is 5.75 Å². The highest BCUT2D eigenvalue weighted by Crippen LogP contribution is 2.29. The van der Waals surface area contributed by atoms with Crippen molar-refractivity contribution in [3.05, 3.63) is 58.1 Å². The van der Waals surface area contributed by atoms with E-state index in [0.29, 0.717) is 28.6 Å². The van der Waals surface area contributed by atoms with E-state index in [1.54, 1.807) is 25.3 Å². The fourth-order valence-electron chi connectivity index (χ4n) is 4.20. The smallest absolute Gasteiger partial charge is 0.335 e. The molecule has 0 aromatic heterocycles. The van der Waals surface area contributed by atoms with Crippen LogP contribution >= 0.6 is 11.6 Å². The molecule has 2 atom stereocenters. The number of carboxylic acid groups (broad SMARTS) is 1. The average molecular weight is 505 g/mol. The van der Waals surface area contributed by atoms with Crippen LogP contribution in [0.2, 0.25) is 5.02 Å². The maximum absolute atomic E-state index is 12.9. The Kier molecular flexibility index (Phi) is 9.33. The van der Waals surface area contributed by atoms with Crippen LogP contribution in [0.4, 0.5) is 5.69 Å². The molecule has 1 amide bonds. The number of hydrogen-bond acceptors (Lipinski definition) is 7. The summed E-state index contributed by atoms with van der Waals surface area (Å²) in [4.78, 5) is 28.5. The Morgan fingerprint density at radius 2 is 1.97 bits per heavy atom. The fourth-order valence-corrected chi connectivity index (χ4v) is 4.37. The van der Waals surface area contributed by atoms with Crippen molar-refractivity contribution < 1.29 is 24.2 Å². The molecule has 190 valence electrons. The van der Waals surface area contributed by atoms with Gasteiger partial charge < -0.3 is 30.5 Å². The van der Waals surface area contributed by atoms with Crippen molar-refractivity contribution in [1.29, 1.82) is 0 Å². The first kappa shape index (κ1) is 26.7. The predicted octanol–water partition coefficient (Wildman–Crippen LogP) is 2.58. The van der Waals surface area contributed by atoms with Gasteiger partial charge >= 0.3 is 5.97 Å². The number of hydrogen-bond donors (Lipinski definition) is 3. The van der Waals surface area contributed by atoms with Gasteiger partial charge in [-0.2, -0.15) is 0 Å². The molecule has 0 radical (unpaired) electrons. The third kappa shape index (κ3) is 7.08. The number of ether oxygens (including phenoxy) is 2. The van der Waals surface area contributed by atoms with Crippen LogP contribution in [-0.2, 0) is 11.3 Å². The lowest BCUT2D eigenvalue weighted by molar-refractivity contribution is 0.00440. The van der Waals surface area contributed by atoms with Crippen LogP contribution in [-0.4, -0.2) is 86.4 Å². The van der Waals surface area contributed by atoms with Gasteiger partial charge in [0.25, 0.3) is 5.91 Å². The number of carbonyl (C=O) groups excluding carboxylic acids is 1. The van der Waals surface area contributed by atoms with Gasteiger partial charge in [-0.3, -0.25) is 9.69 Å². The Labute approximate surface area is 210 Å². The number of carboxylic acids is 1. The van der Waals surface area contributed by atoms with Gasteiger partial charge in [-0.05, 0) is 37.2 Å². The number of halogens is 1. The van der Waals surface area contributed by atoms with Crippen molar-refractivity contribution in [3.8, 4) is 5.75 Å². The van der Waals surface area contributed by atoms with Crippen molar-refractivity contribution in [3.63, 3.8) is 0 Å². The second-order valence-electron chi connectivity index (χ2n) is 8.76. The van der Waals surface area contributed by atoms with Gasteiger partial charge in [0.05, 0.1) is 41.1 Å². The van der Waals surface area contributed by atoms with Crippen LogP contribution in [0.3, 0.4) is 0 Å². The summed E-state index contributed by atoms with van der Waals surface area (Å²) in [6, 6.07) is 9.87. The van der Waals surface area contributed by atoms with Crippen molar-refractivity contribution in [2.45, 2.75) is 25.1 Å². The molecule has 2 aromatic rings. The second-order valence-corrected chi connectivity index (χ2v) is 9.16. The monoisotopic (exact) mass is 504 g/mol. The first-order valence-corrected chi connectivity index (χ1v) is 11.8. The molecule has 2 aromatic carbocycles. The first-order valence-electron chi connectivity index (χ1n) is 11.4. The van der Waals surface area contributed by atoms with E-state index in [4.69, 9.17) is 31.9 Å². The lowest BCUT2D eigenvalue weighted by atomic mass is 10.0. The third-order valence-electron chi connectivity index (χ3n) is 6.28. The van der Waals surface area contributed by atoms with Crippen LogP contribution in [0.25, 0.3) is 0 Å². The molecule has 0 spiro atoms.